The van der Waals surface area contributed by atoms with E-state index in [1.54, 1.807) is 23.1 Å². The van der Waals surface area contributed by atoms with Gasteiger partial charge in [-0.3, -0.25) is 0 Å². The van der Waals surface area contributed by atoms with E-state index in [9.17, 15) is 4.39 Å². The summed E-state index contributed by atoms with van der Waals surface area (Å²) in [5.41, 5.74) is 1.40. The summed E-state index contributed by atoms with van der Waals surface area (Å²) in [5.74, 6) is 0.836. The van der Waals surface area contributed by atoms with Crippen LogP contribution in [0.4, 0.5) is 4.39 Å². The largest absolute Gasteiger partial charge is 0.316 e. The summed E-state index contributed by atoms with van der Waals surface area (Å²) in [6.07, 6.45) is 1.09. The van der Waals surface area contributed by atoms with Crippen LogP contribution in [0.15, 0.2) is 46.0 Å². The Hall–Kier alpha value is -0.840. The van der Waals surface area contributed by atoms with E-state index in [2.05, 4.69) is 22.1 Å². The zero-order valence-electron chi connectivity index (χ0n) is 10.1. The molecule has 0 fully saturated rings. The molecule has 4 heteroatoms. The van der Waals surface area contributed by atoms with Gasteiger partial charge in [-0.05, 0) is 59.6 Å². The van der Waals surface area contributed by atoms with E-state index < -0.39 is 0 Å². The second kappa shape index (κ2) is 7.56. The topological polar surface area (TPSA) is 12.0 Å². The lowest BCUT2D eigenvalue weighted by molar-refractivity contribution is 0.626. The van der Waals surface area contributed by atoms with E-state index in [4.69, 9.17) is 0 Å². The number of thiophene rings is 1. The van der Waals surface area contributed by atoms with Crippen molar-refractivity contribution in [3.63, 3.8) is 0 Å². The van der Waals surface area contributed by atoms with Crippen molar-refractivity contribution in [1.29, 1.82) is 0 Å². The molecule has 0 radical (unpaired) electrons. The highest BCUT2D eigenvalue weighted by Crippen LogP contribution is 2.17. The molecule has 0 aliphatic carbocycles. The van der Waals surface area contributed by atoms with Crippen molar-refractivity contribution in [3.05, 3.63) is 52.5 Å². The van der Waals surface area contributed by atoms with Gasteiger partial charge in [0, 0.05) is 17.2 Å². The summed E-state index contributed by atoms with van der Waals surface area (Å²) in [4.78, 5) is 1.12. The molecule has 1 heterocycles. The van der Waals surface area contributed by atoms with Crippen molar-refractivity contribution < 1.29 is 4.39 Å². The molecular formula is C14H16FNS2. The van der Waals surface area contributed by atoms with Crippen LogP contribution in [0, 0.1) is 5.82 Å². The lowest BCUT2D eigenvalue weighted by atomic mass is 10.2. The quantitative estimate of drug-likeness (QED) is 0.612. The maximum Gasteiger partial charge on any atom is 0.123 e. The van der Waals surface area contributed by atoms with Crippen molar-refractivity contribution in [2.45, 2.75) is 11.3 Å². The van der Waals surface area contributed by atoms with Crippen LogP contribution in [0.1, 0.15) is 5.56 Å². The van der Waals surface area contributed by atoms with Crippen LogP contribution < -0.4 is 5.32 Å². The Bertz CT molecular complexity index is 439. The first kappa shape index (κ1) is 13.6. The molecule has 1 aromatic carbocycles. The smallest absolute Gasteiger partial charge is 0.123 e. The Morgan fingerprint density at radius 3 is 2.67 bits per heavy atom. The van der Waals surface area contributed by atoms with E-state index in [-0.39, 0.29) is 5.82 Å². The van der Waals surface area contributed by atoms with Crippen molar-refractivity contribution in [2.24, 2.45) is 0 Å². The van der Waals surface area contributed by atoms with Gasteiger partial charge in [0.1, 0.15) is 5.82 Å². The minimum absolute atomic E-state index is 0.173. The highest BCUT2D eigenvalue weighted by molar-refractivity contribution is 7.99. The number of hydrogen-bond acceptors (Lipinski definition) is 3. The van der Waals surface area contributed by atoms with E-state index >= 15 is 0 Å². The number of benzene rings is 1. The van der Waals surface area contributed by atoms with Crippen LogP contribution in [0.3, 0.4) is 0 Å². The molecule has 1 aromatic heterocycles. The Kier molecular flexibility index (Phi) is 5.71. The summed E-state index contributed by atoms with van der Waals surface area (Å²) >= 11 is 3.49. The average Bonchev–Trinajstić information content (AvgIpc) is 2.89. The normalized spacial score (nSPS) is 10.7. The SMILES string of the molecule is Fc1ccc(SCCNCCc2ccsc2)cc1. The number of halogens is 1. The summed E-state index contributed by atoms with van der Waals surface area (Å²) < 4.78 is 12.7. The molecule has 1 N–H and O–H groups in total. The third-order valence-electron chi connectivity index (χ3n) is 2.53. The molecule has 0 spiro atoms. The fraction of sp³-hybridized carbons (Fsp3) is 0.286. The summed E-state index contributed by atoms with van der Waals surface area (Å²) in [7, 11) is 0. The predicted molar refractivity (Wildman–Crippen MR) is 78.0 cm³/mol. The molecule has 0 bridgehead atoms. The van der Waals surface area contributed by atoms with E-state index in [0.717, 1.165) is 30.2 Å². The minimum atomic E-state index is -0.173. The molecule has 0 unspecified atom stereocenters. The first-order chi connectivity index (χ1) is 8.84. The Balaban J connectivity index is 1.55. The van der Waals surface area contributed by atoms with Crippen molar-refractivity contribution in [2.75, 3.05) is 18.8 Å². The zero-order valence-corrected chi connectivity index (χ0v) is 11.7. The molecule has 0 amide bonds. The van der Waals surface area contributed by atoms with Gasteiger partial charge >= 0.3 is 0 Å². The van der Waals surface area contributed by atoms with E-state index in [1.165, 1.54) is 17.7 Å². The van der Waals surface area contributed by atoms with Crippen molar-refractivity contribution in [1.82, 2.24) is 5.32 Å². The van der Waals surface area contributed by atoms with E-state index in [1.807, 2.05) is 12.1 Å². The van der Waals surface area contributed by atoms with Gasteiger partial charge in [0.05, 0.1) is 0 Å². The molecule has 2 rings (SSSR count). The van der Waals surface area contributed by atoms with Crippen LogP contribution in [0.2, 0.25) is 0 Å². The predicted octanol–water partition coefficient (Wildman–Crippen LogP) is 3.81. The summed E-state index contributed by atoms with van der Waals surface area (Å²) in [5, 5.41) is 7.72. The highest BCUT2D eigenvalue weighted by atomic mass is 32.2. The molecule has 0 saturated carbocycles. The maximum absolute atomic E-state index is 12.7. The van der Waals surface area contributed by atoms with Crippen LogP contribution >= 0.6 is 23.1 Å². The zero-order chi connectivity index (χ0) is 12.6. The number of rotatable bonds is 7. The van der Waals surface area contributed by atoms with Crippen LogP contribution in [0.5, 0.6) is 0 Å². The third kappa shape index (κ3) is 4.80. The standard InChI is InChI=1S/C14H16FNS2/c15-13-1-3-14(4-2-13)18-10-8-16-7-5-12-6-9-17-11-12/h1-4,6,9,11,16H,5,7-8,10H2. The second-order valence-electron chi connectivity index (χ2n) is 3.93. The Morgan fingerprint density at radius 2 is 1.94 bits per heavy atom. The number of hydrogen-bond donors (Lipinski definition) is 1. The Morgan fingerprint density at radius 1 is 1.11 bits per heavy atom. The van der Waals surface area contributed by atoms with Gasteiger partial charge in [0.15, 0.2) is 0 Å². The minimum Gasteiger partial charge on any atom is -0.316 e. The highest BCUT2D eigenvalue weighted by Gasteiger charge is 1.96. The van der Waals surface area contributed by atoms with Crippen LogP contribution in [-0.2, 0) is 6.42 Å². The fourth-order valence-electron chi connectivity index (χ4n) is 1.56. The van der Waals surface area contributed by atoms with Crippen molar-refractivity contribution in [3.8, 4) is 0 Å². The molecule has 1 nitrogen and oxygen atoms in total. The van der Waals surface area contributed by atoms with Crippen LogP contribution in [-0.4, -0.2) is 18.8 Å². The van der Waals surface area contributed by atoms with Gasteiger partial charge in [0.25, 0.3) is 0 Å². The van der Waals surface area contributed by atoms with Gasteiger partial charge in [-0.2, -0.15) is 11.3 Å². The number of thioether (sulfide) groups is 1. The van der Waals surface area contributed by atoms with Crippen molar-refractivity contribution >= 4 is 23.1 Å². The molecule has 0 aliphatic rings. The molecule has 2 aromatic rings. The van der Waals surface area contributed by atoms with Gasteiger partial charge in [-0.15, -0.1) is 11.8 Å². The third-order valence-corrected chi connectivity index (χ3v) is 4.28. The van der Waals surface area contributed by atoms with Crippen LogP contribution in [0.25, 0.3) is 0 Å². The maximum atomic E-state index is 12.7. The Labute approximate surface area is 115 Å². The second-order valence-corrected chi connectivity index (χ2v) is 5.88. The molecular weight excluding hydrogens is 265 g/mol. The van der Waals surface area contributed by atoms with E-state index in [0.29, 0.717) is 0 Å². The molecule has 0 saturated heterocycles. The average molecular weight is 281 g/mol. The van der Waals surface area contributed by atoms with Gasteiger partial charge in [-0.1, -0.05) is 0 Å². The monoisotopic (exact) mass is 281 g/mol. The molecule has 96 valence electrons. The van der Waals surface area contributed by atoms with Gasteiger partial charge in [0.2, 0.25) is 0 Å². The number of nitrogens with one attached hydrogen (secondary N) is 1. The summed E-state index contributed by atoms with van der Waals surface area (Å²) in [6.45, 7) is 1.99. The summed E-state index contributed by atoms with van der Waals surface area (Å²) in [6, 6.07) is 8.83. The first-order valence-electron chi connectivity index (χ1n) is 5.95. The lowest BCUT2D eigenvalue weighted by Crippen LogP contribution is -2.19. The fourth-order valence-corrected chi connectivity index (χ4v) is 3.08. The van der Waals surface area contributed by atoms with Gasteiger partial charge in [-0.25, -0.2) is 4.39 Å². The molecule has 0 aliphatic heterocycles. The molecule has 18 heavy (non-hydrogen) atoms. The molecule has 0 atom stereocenters. The first-order valence-corrected chi connectivity index (χ1v) is 7.87. The van der Waals surface area contributed by atoms with Gasteiger partial charge < -0.3 is 5.32 Å². The lowest BCUT2D eigenvalue weighted by Gasteiger charge is -2.04.